The molecule has 0 unspecified atom stereocenters. The van der Waals surface area contributed by atoms with Gasteiger partial charge < -0.3 is 19.6 Å². The summed E-state index contributed by atoms with van der Waals surface area (Å²) < 4.78 is 21.1. The Morgan fingerprint density at radius 3 is 2.58 bits per heavy atom. The maximum Gasteiger partial charge on any atom is 0.255 e. The number of nitrogens with one attached hydrogen (secondary N) is 1. The number of carbonyl (C=O) groups is 3. The van der Waals surface area contributed by atoms with Gasteiger partial charge in [-0.05, 0) is 42.3 Å². The van der Waals surface area contributed by atoms with Crippen molar-refractivity contribution in [1.82, 2.24) is 15.1 Å². The van der Waals surface area contributed by atoms with E-state index in [1.165, 1.54) is 17.0 Å². The van der Waals surface area contributed by atoms with E-state index in [0.29, 0.717) is 53.4 Å². The summed E-state index contributed by atoms with van der Waals surface area (Å²) in [6.45, 7) is 10.7. The highest BCUT2D eigenvalue weighted by molar-refractivity contribution is 6.05. The fourth-order valence-electron chi connectivity index (χ4n) is 5.91. The van der Waals surface area contributed by atoms with Crippen LogP contribution >= 0.6 is 0 Å². The third kappa shape index (κ3) is 5.74. The van der Waals surface area contributed by atoms with Gasteiger partial charge in [0.15, 0.2) is 5.69 Å². The summed E-state index contributed by atoms with van der Waals surface area (Å²) in [5.41, 5.74) is 3.41. The SMILES string of the molecule is [C-]#[N+]c1ccc(N2CCN(Cc3ccc(COc4cccc5c4CN([C@H]4CCC(=O)NC4=O)C5=O)c(F)c3)CC2)c(O)c1. The van der Waals surface area contributed by atoms with Gasteiger partial charge in [0.1, 0.15) is 30.0 Å². The summed E-state index contributed by atoms with van der Waals surface area (Å²) in [5.74, 6) is -0.935. The largest absolute Gasteiger partial charge is 0.507 e. The molecular formula is C32H30FN5O5. The number of phenolic OH excluding ortho intramolecular Hbond substituents is 1. The number of phenols is 1. The highest BCUT2D eigenvalue weighted by atomic mass is 19.1. The number of piperazine rings is 1. The topological polar surface area (TPSA) is 107 Å². The maximum absolute atomic E-state index is 15.1. The fourth-order valence-corrected chi connectivity index (χ4v) is 5.91. The van der Waals surface area contributed by atoms with Crippen LogP contribution in [0.5, 0.6) is 11.5 Å². The molecule has 3 aromatic rings. The Hall–Kier alpha value is -4.95. The highest BCUT2D eigenvalue weighted by Gasteiger charge is 2.40. The van der Waals surface area contributed by atoms with Gasteiger partial charge in [0.25, 0.3) is 5.91 Å². The van der Waals surface area contributed by atoms with Crippen LogP contribution in [0.1, 0.15) is 39.9 Å². The van der Waals surface area contributed by atoms with Crippen LogP contribution in [0.25, 0.3) is 4.85 Å². The first-order valence-electron chi connectivity index (χ1n) is 14.1. The number of amides is 3. The molecule has 2 fully saturated rings. The zero-order chi connectivity index (χ0) is 30.1. The van der Waals surface area contributed by atoms with E-state index >= 15 is 4.39 Å². The zero-order valence-electron chi connectivity index (χ0n) is 23.4. The molecule has 220 valence electrons. The van der Waals surface area contributed by atoms with E-state index in [0.717, 1.165) is 18.7 Å². The molecule has 2 N–H and O–H groups in total. The highest BCUT2D eigenvalue weighted by Crippen LogP contribution is 2.35. The number of hydrogen-bond acceptors (Lipinski definition) is 7. The molecule has 2 saturated heterocycles. The van der Waals surface area contributed by atoms with Crippen LogP contribution in [0.4, 0.5) is 15.8 Å². The molecule has 3 aromatic carbocycles. The number of nitrogens with zero attached hydrogens (tertiary/aromatic N) is 4. The second-order valence-electron chi connectivity index (χ2n) is 10.9. The number of imide groups is 1. The summed E-state index contributed by atoms with van der Waals surface area (Å²) >= 11 is 0. The van der Waals surface area contributed by atoms with Crippen molar-refractivity contribution in [1.29, 1.82) is 0 Å². The molecule has 3 amide bonds. The summed E-state index contributed by atoms with van der Waals surface area (Å²) in [4.78, 5) is 46.1. The van der Waals surface area contributed by atoms with E-state index in [9.17, 15) is 19.5 Å². The first-order chi connectivity index (χ1) is 20.8. The van der Waals surface area contributed by atoms with E-state index in [1.54, 1.807) is 36.4 Å². The summed E-state index contributed by atoms with van der Waals surface area (Å²) in [6.07, 6.45) is 0.449. The van der Waals surface area contributed by atoms with Crippen LogP contribution in [0.3, 0.4) is 0 Å². The molecule has 0 aliphatic carbocycles. The third-order valence-corrected chi connectivity index (χ3v) is 8.25. The average Bonchev–Trinajstić information content (AvgIpc) is 3.33. The summed E-state index contributed by atoms with van der Waals surface area (Å²) in [7, 11) is 0. The molecule has 11 heteroatoms. The van der Waals surface area contributed by atoms with Crippen LogP contribution in [0, 0.1) is 12.4 Å². The second kappa shape index (κ2) is 11.7. The number of hydrogen-bond donors (Lipinski definition) is 2. The van der Waals surface area contributed by atoms with Crippen molar-refractivity contribution in [3.05, 3.63) is 94.1 Å². The Labute approximate surface area is 248 Å². The Morgan fingerprint density at radius 1 is 1.05 bits per heavy atom. The molecule has 3 heterocycles. The molecule has 0 bridgehead atoms. The Morgan fingerprint density at radius 2 is 1.86 bits per heavy atom. The lowest BCUT2D eigenvalue weighted by molar-refractivity contribution is -0.136. The first-order valence-corrected chi connectivity index (χ1v) is 14.1. The van der Waals surface area contributed by atoms with Gasteiger partial charge in [-0.15, -0.1) is 0 Å². The van der Waals surface area contributed by atoms with Crippen LogP contribution in [-0.2, 0) is 29.3 Å². The number of rotatable bonds is 7. The number of ether oxygens (including phenoxy) is 1. The molecule has 0 aromatic heterocycles. The average molecular weight is 584 g/mol. The lowest BCUT2D eigenvalue weighted by atomic mass is 10.0. The van der Waals surface area contributed by atoms with Crippen LogP contribution in [-0.4, -0.2) is 64.8 Å². The molecule has 10 nitrogen and oxygen atoms in total. The number of halogens is 1. The summed E-state index contributed by atoms with van der Waals surface area (Å²) in [5, 5.41) is 12.6. The minimum Gasteiger partial charge on any atom is -0.507 e. The molecule has 1 atom stereocenters. The normalized spacial score (nSPS) is 18.8. The molecule has 6 rings (SSSR count). The third-order valence-electron chi connectivity index (χ3n) is 8.25. The van der Waals surface area contributed by atoms with Gasteiger partial charge >= 0.3 is 0 Å². The monoisotopic (exact) mass is 583 g/mol. The number of fused-ring (bicyclic) bond motifs is 1. The van der Waals surface area contributed by atoms with Gasteiger partial charge in [0.2, 0.25) is 11.8 Å². The Balaban J connectivity index is 1.05. The van der Waals surface area contributed by atoms with E-state index in [1.807, 2.05) is 6.07 Å². The molecular weight excluding hydrogens is 553 g/mol. The summed E-state index contributed by atoms with van der Waals surface area (Å²) in [6, 6.07) is 14.4. The van der Waals surface area contributed by atoms with Gasteiger partial charge in [0, 0.05) is 55.8 Å². The van der Waals surface area contributed by atoms with Crippen molar-refractivity contribution in [2.24, 2.45) is 0 Å². The fraction of sp³-hybridized carbons (Fsp3) is 0.312. The number of anilines is 1. The number of piperidine rings is 1. The van der Waals surface area contributed by atoms with E-state index in [-0.39, 0.29) is 49.4 Å². The lowest BCUT2D eigenvalue weighted by Crippen LogP contribution is -2.52. The van der Waals surface area contributed by atoms with Gasteiger partial charge in [0.05, 0.1) is 18.8 Å². The van der Waals surface area contributed by atoms with Crippen molar-refractivity contribution in [2.45, 2.75) is 38.6 Å². The second-order valence-corrected chi connectivity index (χ2v) is 10.9. The van der Waals surface area contributed by atoms with Gasteiger partial charge in [-0.3, -0.25) is 24.6 Å². The smallest absolute Gasteiger partial charge is 0.255 e. The van der Waals surface area contributed by atoms with Gasteiger partial charge in [-0.25, -0.2) is 9.24 Å². The molecule has 0 saturated carbocycles. The van der Waals surface area contributed by atoms with Crippen molar-refractivity contribution < 1.29 is 28.6 Å². The van der Waals surface area contributed by atoms with Crippen LogP contribution in [0.15, 0.2) is 54.6 Å². The predicted molar refractivity (Wildman–Crippen MR) is 155 cm³/mol. The Bertz CT molecular complexity index is 1650. The number of aromatic hydroxyl groups is 1. The van der Waals surface area contributed by atoms with E-state index < -0.39 is 11.9 Å². The standard InChI is InChI=1S/C32H30FN5O5/c1-34-22-7-8-26(28(39)16-22)37-13-11-36(12-14-37)17-20-5-6-21(25(33)15-20)19-43-29-4-2-3-23-24(29)18-38(32(23)42)27-9-10-30(40)35-31(27)41/h2-8,15-16,27,39H,9-14,17-19H2,(H,35,40,41)/t27-/m0/s1. The van der Waals surface area contributed by atoms with Crippen molar-refractivity contribution in [3.8, 4) is 11.5 Å². The van der Waals surface area contributed by atoms with Crippen molar-refractivity contribution >= 4 is 29.1 Å². The minimum absolute atomic E-state index is 0.0242. The van der Waals surface area contributed by atoms with Crippen molar-refractivity contribution in [2.75, 3.05) is 31.1 Å². The van der Waals surface area contributed by atoms with Gasteiger partial charge in [-0.1, -0.05) is 24.3 Å². The predicted octanol–water partition coefficient (Wildman–Crippen LogP) is 3.74. The van der Waals surface area contributed by atoms with E-state index in [2.05, 4.69) is 20.0 Å². The quantitative estimate of drug-likeness (QED) is 0.322. The van der Waals surface area contributed by atoms with Crippen molar-refractivity contribution in [3.63, 3.8) is 0 Å². The number of carbonyl (C=O) groups excluding carboxylic acids is 3. The molecule has 3 aliphatic rings. The molecule has 3 aliphatic heterocycles. The molecule has 43 heavy (non-hydrogen) atoms. The number of benzene rings is 3. The van der Waals surface area contributed by atoms with E-state index in [4.69, 9.17) is 11.3 Å². The lowest BCUT2D eigenvalue weighted by Gasteiger charge is -2.36. The Kier molecular flexibility index (Phi) is 7.69. The minimum atomic E-state index is -0.720. The van der Waals surface area contributed by atoms with Crippen LogP contribution < -0.4 is 15.0 Å². The first kappa shape index (κ1) is 28.2. The molecule has 0 radical (unpaired) electrons. The van der Waals surface area contributed by atoms with Gasteiger partial charge in [-0.2, -0.15) is 0 Å². The zero-order valence-corrected chi connectivity index (χ0v) is 23.4. The molecule has 0 spiro atoms. The van der Waals surface area contributed by atoms with Crippen LogP contribution in [0.2, 0.25) is 0 Å². The maximum atomic E-state index is 15.1.